The predicted molar refractivity (Wildman–Crippen MR) is 61.7 cm³/mol. The predicted octanol–water partition coefficient (Wildman–Crippen LogP) is 1.95. The van der Waals surface area contributed by atoms with Crippen molar-refractivity contribution in [3.63, 3.8) is 0 Å². The molecule has 0 saturated carbocycles. The smallest absolute Gasteiger partial charge is 0.0938 e. The van der Waals surface area contributed by atoms with E-state index in [4.69, 9.17) is 5.73 Å². The van der Waals surface area contributed by atoms with Gasteiger partial charge in [0.25, 0.3) is 0 Å². The molecule has 3 N–H and O–H groups in total. The monoisotopic (exact) mass is 205 g/mol. The van der Waals surface area contributed by atoms with Gasteiger partial charge in [-0.1, -0.05) is 18.2 Å². The van der Waals surface area contributed by atoms with Gasteiger partial charge in [0, 0.05) is 6.04 Å². The molecule has 0 bridgehead atoms. The number of rotatable bonds is 2. The van der Waals surface area contributed by atoms with Crippen LogP contribution in [0.5, 0.6) is 0 Å². The molecule has 0 spiro atoms. The second kappa shape index (κ2) is 4.33. The maximum Gasteiger partial charge on any atom is 0.0938 e. The molecule has 2 rings (SSSR count). The van der Waals surface area contributed by atoms with Crippen molar-refractivity contribution in [2.75, 3.05) is 0 Å². The summed E-state index contributed by atoms with van der Waals surface area (Å²) in [7, 11) is 0. The zero-order valence-electron chi connectivity index (χ0n) is 9.24. The molecule has 0 amide bonds. The van der Waals surface area contributed by atoms with E-state index in [9.17, 15) is 5.11 Å². The lowest BCUT2D eigenvalue weighted by atomic mass is 9.89. The number of fused-ring (bicyclic) bond motifs is 1. The average molecular weight is 205 g/mol. The molecule has 1 aliphatic carbocycles. The molecule has 0 fully saturated rings. The second-order valence-electron chi connectivity index (χ2n) is 4.54. The quantitative estimate of drug-likeness (QED) is 0.775. The van der Waals surface area contributed by atoms with Crippen LogP contribution in [0, 0.1) is 0 Å². The number of benzene rings is 1. The third kappa shape index (κ3) is 2.21. The van der Waals surface area contributed by atoms with Crippen molar-refractivity contribution in [1.29, 1.82) is 0 Å². The van der Waals surface area contributed by atoms with Crippen molar-refractivity contribution < 1.29 is 5.11 Å². The van der Waals surface area contributed by atoms with E-state index >= 15 is 0 Å². The number of aliphatic hydroxyl groups is 1. The number of hydrogen-bond acceptors (Lipinski definition) is 2. The van der Waals surface area contributed by atoms with E-state index in [2.05, 4.69) is 12.1 Å². The molecule has 1 aliphatic rings. The molecule has 0 saturated heterocycles. The maximum atomic E-state index is 9.87. The first kappa shape index (κ1) is 10.7. The van der Waals surface area contributed by atoms with E-state index in [0.29, 0.717) is 0 Å². The summed E-state index contributed by atoms with van der Waals surface area (Å²) >= 11 is 0. The van der Waals surface area contributed by atoms with E-state index in [1.165, 1.54) is 30.4 Å². The highest BCUT2D eigenvalue weighted by Crippen LogP contribution is 2.25. The van der Waals surface area contributed by atoms with Gasteiger partial charge in [0.1, 0.15) is 0 Å². The van der Waals surface area contributed by atoms with Crippen molar-refractivity contribution in [2.45, 2.75) is 44.8 Å². The van der Waals surface area contributed by atoms with Crippen molar-refractivity contribution in [3.8, 4) is 0 Å². The van der Waals surface area contributed by atoms with Crippen molar-refractivity contribution in [3.05, 3.63) is 34.9 Å². The SMILES string of the molecule is CC(N)C(O)c1ccc2c(c1)CCCC2. The summed E-state index contributed by atoms with van der Waals surface area (Å²) in [4.78, 5) is 0. The topological polar surface area (TPSA) is 46.2 Å². The summed E-state index contributed by atoms with van der Waals surface area (Å²) in [6.07, 6.45) is 4.36. The third-order valence-corrected chi connectivity index (χ3v) is 3.21. The second-order valence-corrected chi connectivity index (χ2v) is 4.54. The lowest BCUT2D eigenvalue weighted by Gasteiger charge is -2.20. The molecule has 0 heterocycles. The van der Waals surface area contributed by atoms with Crippen LogP contribution in [0.3, 0.4) is 0 Å². The fraction of sp³-hybridized carbons (Fsp3) is 0.538. The minimum atomic E-state index is -0.530. The Morgan fingerprint density at radius 3 is 2.53 bits per heavy atom. The molecular formula is C13H19NO. The van der Waals surface area contributed by atoms with Crippen LogP contribution in [0.1, 0.15) is 42.6 Å². The molecule has 2 atom stereocenters. The Bertz CT molecular complexity index is 346. The molecule has 0 aliphatic heterocycles. The van der Waals surface area contributed by atoms with Crippen molar-refractivity contribution in [1.82, 2.24) is 0 Å². The first-order valence-corrected chi connectivity index (χ1v) is 5.74. The van der Waals surface area contributed by atoms with E-state index < -0.39 is 6.10 Å². The Hall–Kier alpha value is -0.860. The van der Waals surface area contributed by atoms with Crippen molar-refractivity contribution in [2.24, 2.45) is 5.73 Å². The van der Waals surface area contributed by atoms with E-state index in [0.717, 1.165) is 12.0 Å². The van der Waals surface area contributed by atoms with Gasteiger partial charge >= 0.3 is 0 Å². The largest absolute Gasteiger partial charge is 0.387 e. The molecule has 82 valence electrons. The summed E-state index contributed by atoms with van der Waals surface area (Å²) in [6, 6.07) is 6.09. The zero-order valence-corrected chi connectivity index (χ0v) is 9.24. The van der Waals surface area contributed by atoms with Crippen LogP contribution in [-0.4, -0.2) is 11.1 Å². The molecule has 1 aromatic rings. The molecule has 2 heteroatoms. The fourth-order valence-electron chi connectivity index (χ4n) is 2.24. The number of aliphatic hydroxyl groups excluding tert-OH is 1. The average Bonchev–Trinajstić information content (AvgIpc) is 2.27. The van der Waals surface area contributed by atoms with E-state index in [1.54, 1.807) is 0 Å². The van der Waals surface area contributed by atoms with Gasteiger partial charge in [0.05, 0.1) is 6.10 Å². The minimum Gasteiger partial charge on any atom is -0.387 e. The molecule has 2 nitrogen and oxygen atoms in total. The van der Waals surface area contributed by atoms with Gasteiger partial charge in [0.15, 0.2) is 0 Å². The van der Waals surface area contributed by atoms with Crippen LogP contribution in [0.4, 0.5) is 0 Å². The Balaban J connectivity index is 2.27. The van der Waals surface area contributed by atoms with Crippen LogP contribution < -0.4 is 5.73 Å². The van der Waals surface area contributed by atoms with Gasteiger partial charge < -0.3 is 10.8 Å². The molecule has 0 aromatic heterocycles. The highest BCUT2D eigenvalue weighted by Gasteiger charge is 2.15. The normalized spacial score (nSPS) is 19.4. The van der Waals surface area contributed by atoms with Gasteiger partial charge in [-0.15, -0.1) is 0 Å². The van der Waals surface area contributed by atoms with Crippen LogP contribution in [0.25, 0.3) is 0 Å². The van der Waals surface area contributed by atoms with Gasteiger partial charge in [-0.2, -0.15) is 0 Å². The van der Waals surface area contributed by atoms with Gasteiger partial charge in [-0.3, -0.25) is 0 Å². The zero-order chi connectivity index (χ0) is 10.8. The summed E-state index contributed by atoms with van der Waals surface area (Å²) in [6.45, 7) is 1.84. The number of nitrogens with two attached hydrogens (primary N) is 1. The Kier molecular flexibility index (Phi) is 3.08. The summed E-state index contributed by atoms with van der Waals surface area (Å²) < 4.78 is 0. The first-order chi connectivity index (χ1) is 7.18. The summed E-state index contributed by atoms with van der Waals surface area (Å²) in [5.41, 5.74) is 9.51. The van der Waals surface area contributed by atoms with Crippen molar-refractivity contribution >= 4 is 0 Å². The van der Waals surface area contributed by atoms with Gasteiger partial charge in [0.2, 0.25) is 0 Å². The fourth-order valence-corrected chi connectivity index (χ4v) is 2.24. The molecule has 0 radical (unpaired) electrons. The van der Waals surface area contributed by atoms with Gasteiger partial charge in [-0.25, -0.2) is 0 Å². The molecular weight excluding hydrogens is 186 g/mol. The van der Waals surface area contributed by atoms with Crippen LogP contribution >= 0.6 is 0 Å². The molecule has 2 unspecified atom stereocenters. The molecule has 1 aromatic carbocycles. The summed E-state index contributed by atoms with van der Waals surface area (Å²) in [5, 5.41) is 9.87. The maximum absolute atomic E-state index is 9.87. The highest BCUT2D eigenvalue weighted by atomic mass is 16.3. The Labute approximate surface area is 91.1 Å². The Morgan fingerprint density at radius 2 is 1.87 bits per heavy atom. The lowest BCUT2D eigenvalue weighted by Crippen LogP contribution is -2.24. The Morgan fingerprint density at radius 1 is 1.20 bits per heavy atom. The van der Waals surface area contributed by atoms with Crippen LogP contribution in [-0.2, 0) is 12.8 Å². The van der Waals surface area contributed by atoms with Gasteiger partial charge in [-0.05, 0) is 49.3 Å². The first-order valence-electron chi connectivity index (χ1n) is 5.74. The summed E-state index contributed by atoms with van der Waals surface area (Å²) in [5.74, 6) is 0. The van der Waals surface area contributed by atoms with E-state index in [1.807, 2.05) is 13.0 Å². The van der Waals surface area contributed by atoms with Crippen LogP contribution in [0.15, 0.2) is 18.2 Å². The lowest BCUT2D eigenvalue weighted by molar-refractivity contribution is 0.153. The minimum absolute atomic E-state index is 0.202. The van der Waals surface area contributed by atoms with Crippen LogP contribution in [0.2, 0.25) is 0 Å². The third-order valence-electron chi connectivity index (χ3n) is 3.21. The molecule has 15 heavy (non-hydrogen) atoms. The standard InChI is InChI=1S/C13H19NO/c1-9(14)13(15)12-7-6-10-4-2-3-5-11(10)8-12/h6-9,13,15H,2-5,14H2,1H3. The highest BCUT2D eigenvalue weighted by molar-refractivity contribution is 5.35. The number of hydrogen-bond donors (Lipinski definition) is 2. The van der Waals surface area contributed by atoms with E-state index in [-0.39, 0.29) is 6.04 Å². The number of aryl methyl sites for hydroxylation is 2.